The molecule has 0 unspecified atom stereocenters. The summed E-state index contributed by atoms with van der Waals surface area (Å²) in [5.74, 6) is 1.04. The molecule has 1 aromatic heterocycles. The van der Waals surface area contributed by atoms with Gasteiger partial charge in [-0.05, 0) is 29.3 Å². The van der Waals surface area contributed by atoms with Crippen molar-refractivity contribution in [2.24, 2.45) is 0 Å². The van der Waals surface area contributed by atoms with E-state index in [9.17, 15) is 4.79 Å². The number of hydrogen-bond acceptors (Lipinski definition) is 5. The van der Waals surface area contributed by atoms with Gasteiger partial charge in [0.25, 0.3) is 0 Å². The molecule has 0 N–H and O–H groups in total. The van der Waals surface area contributed by atoms with E-state index >= 15 is 0 Å². The number of benzene rings is 3. The lowest BCUT2D eigenvalue weighted by molar-refractivity contribution is -0.130. The Kier molecular flexibility index (Phi) is 6.49. The third-order valence-electron chi connectivity index (χ3n) is 6.25. The van der Waals surface area contributed by atoms with Crippen LogP contribution < -0.4 is 4.74 Å². The molecule has 0 fully saturated rings. The highest BCUT2D eigenvalue weighted by molar-refractivity contribution is 5.77. The smallest absolute Gasteiger partial charge is 0.223 e. The van der Waals surface area contributed by atoms with E-state index in [-0.39, 0.29) is 12.0 Å². The number of aromatic nitrogens is 2. The highest BCUT2D eigenvalue weighted by atomic mass is 16.5. The van der Waals surface area contributed by atoms with Crippen LogP contribution in [0.3, 0.4) is 0 Å². The van der Waals surface area contributed by atoms with Crippen LogP contribution in [-0.2, 0) is 17.9 Å². The van der Waals surface area contributed by atoms with E-state index < -0.39 is 0 Å². The van der Waals surface area contributed by atoms with Gasteiger partial charge in [-0.25, -0.2) is 0 Å². The summed E-state index contributed by atoms with van der Waals surface area (Å²) >= 11 is 0. The van der Waals surface area contributed by atoms with E-state index in [1.165, 1.54) is 0 Å². The topological polar surface area (TPSA) is 58.6 Å². The Labute approximate surface area is 199 Å². The highest BCUT2D eigenvalue weighted by Gasteiger charge is 2.24. The fourth-order valence-electron chi connectivity index (χ4n) is 4.41. The number of amides is 1. The average Bonchev–Trinajstić information content (AvgIpc) is 3.07. The maximum absolute atomic E-state index is 13.0. The second kappa shape index (κ2) is 10.0. The molecular weight excluding hydrogens is 424 g/mol. The fourth-order valence-corrected chi connectivity index (χ4v) is 4.41. The van der Waals surface area contributed by atoms with Crippen LogP contribution >= 0.6 is 0 Å². The molecule has 2 heterocycles. The number of fused-ring (bicyclic) bond motifs is 2. The number of ether oxygens (including phenoxy) is 1. The second-order valence-electron chi connectivity index (χ2n) is 8.74. The number of nitrogens with zero attached hydrogens (tertiary/aromatic N) is 4. The van der Waals surface area contributed by atoms with E-state index in [1.807, 2.05) is 61.6 Å². The van der Waals surface area contributed by atoms with Crippen molar-refractivity contribution in [3.8, 4) is 5.75 Å². The van der Waals surface area contributed by atoms with Gasteiger partial charge in [-0.1, -0.05) is 54.6 Å². The summed E-state index contributed by atoms with van der Waals surface area (Å²) in [5.41, 5.74) is 5.05. The minimum atomic E-state index is -0.0728. The van der Waals surface area contributed by atoms with Gasteiger partial charge in [-0.2, -0.15) is 0 Å². The first kappa shape index (κ1) is 22.0. The monoisotopic (exact) mass is 452 g/mol. The SMILES string of the molecule is CN(Cc1ccc2nccnc2c1)C(=O)CCN1Cc2ccccc2O[C@@H](c2ccccc2)C1. The Hall–Kier alpha value is -3.77. The van der Waals surface area contributed by atoms with Crippen LogP contribution in [0.25, 0.3) is 11.0 Å². The van der Waals surface area contributed by atoms with Crippen LogP contribution in [0.15, 0.2) is 85.2 Å². The molecule has 1 aliphatic rings. The molecule has 0 bridgehead atoms. The first-order valence-electron chi connectivity index (χ1n) is 11.6. The third kappa shape index (κ3) is 5.07. The van der Waals surface area contributed by atoms with Crippen molar-refractivity contribution < 1.29 is 9.53 Å². The fraction of sp³-hybridized carbons (Fsp3) is 0.250. The zero-order chi connectivity index (χ0) is 23.3. The lowest BCUT2D eigenvalue weighted by atomic mass is 10.1. The van der Waals surface area contributed by atoms with E-state index in [0.29, 0.717) is 19.5 Å². The molecule has 5 rings (SSSR count). The largest absolute Gasteiger partial charge is 0.484 e. The predicted octanol–water partition coefficient (Wildman–Crippen LogP) is 4.61. The molecule has 6 nitrogen and oxygen atoms in total. The molecule has 0 radical (unpaired) electrons. The molecule has 0 spiro atoms. The van der Waals surface area contributed by atoms with Crippen molar-refractivity contribution >= 4 is 16.9 Å². The van der Waals surface area contributed by atoms with Gasteiger partial charge in [-0.15, -0.1) is 0 Å². The van der Waals surface area contributed by atoms with Crippen molar-refractivity contribution in [1.82, 2.24) is 19.8 Å². The van der Waals surface area contributed by atoms with Gasteiger partial charge < -0.3 is 9.64 Å². The van der Waals surface area contributed by atoms with Crippen molar-refractivity contribution in [1.29, 1.82) is 0 Å². The van der Waals surface area contributed by atoms with Gasteiger partial charge in [0.15, 0.2) is 0 Å². The van der Waals surface area contributed by atoms with E-state index in [4.69, 9.17) is 4.74 Å². The van der Waals surface area contributed by atoms with E-state index in [2.05, 4.69) is 33.1 Å². The molecule has 1 amide bonds. The van der Waals surface area contributed by atoms with Gasteiger partial charge in [0.05, 0.1) is 11.0 Å². The van der Waals surface area contributed by atoms with Crippen LogP contribution in [0, 0.1) is 0 Å². The van der Waals surface area contributed by atoms with Gasteiger partial charge >= 0.3 is 0 Å². The zero-order valence-electron chi connectivity index (χ0n) is 19.3. The molecule has 3 aromatic carbocycles. The van der Waals surface area contributed by atoms with E-state index in [0.717, 1.165) is 46.6 Å². The van der Waals surface area contributed by atoms with Crippen molar-refractivity contribution in [2.45, 2.75) is 25.6 Å². The molecule has 1 atom stereocenters. The maximum Gasteiger partial charge on any atom is 0.223 e. The zero-order valence-corrected chi connectivity index (χ0v) is 19.3. The molecule has 6 heteroatoms. The van der Waals surface area contributed by atoms with Gasteiger partial charge in [0, 0.05) is 57.6 Å². The molecule has 1 aliphatic heterocycles. The number of hydrogen-bond donors (Lipinski definition) is 0. The quantitative estimate of drug-likeness (QED) is 0.427. The third-order valence-corrected chi connectivity index (χ3v) is 6.25. The van der Waals surface area contributed by atoms with Crippen LogP contribution in [0.4, 0.5) is 0 Å². The Morgan fingerprint density at radius 2 is 1.76 bits per heavy atom. The minimum Gasteiger partial charge on any atom is -0.484 e. The molecular formula is C28H28N4O2. The summed E-state index contributed by atoms with van der Waals surface area (Å²) in [6.45, 7) is 2.72. The van der Waals surface area contributed by atoms with Crippen LogP contribution in [0.1, 0.15) is 29.2 Å². The normalized spacial score (nSPS) is 15.9. The van der Waals surface area contributed by atoms with Crippen LogP contribution in [0.5, 0.6) is 5.75 Å². The number of rotatable bonds is 6. The highest BCUT2D eigenvalue weighted by Crippen LogP contribution is 2.31. The summed E-state index contributed by atoms with van der Waals surface area (Å²) in [6.07, 6.45) is 3.75. The molecule has 4 aromatic rings. The lowest BCUT2D eigenvalue weighted by Crippen LogP contribution is -2.33. The average molecular weight is 453 g/mol. The molecule has 0 aliphatic carbocycles. The summed E-state index contributed by atoms with van der Waals surface area (Å²) < 4.78 is 6.39. The Bertz CT molecular complexity index is 1280. The summed E-state index contributed by atoms with van der Waals surface area (Å²) in [4.78, 5) is 25.8. The van der Waals surface area contributed by atoms with Gasteiger partial charge in [0.2, 0.25) is 5.91 Å². The van der Waals surface area contributed by atoms with Crippen molar-refractivity contribution in [2.75, 3.05) is 20.1 Å². The van der Waals surface area contributed by atoms with Crippen LogP contribution in [-0.4, -0.2) is 45.8 Å². The van der Waals surface area contributed by atoms with Crippen molar-refractivity contribution in [3.63, 3.8) is 0 Å². The summed E-state index contributed by atoms with van der Waals surface area (Å²) in [6, 6.07) is 24.4. The Balaban J connectivity index is 1.24. The summed E-state index contributed by atoms with van der Waals surface area (Å²) in [5, 5.41) is 0. The van der Waals surface area contributed by atoms with Gasteiger partial charge in [0.1, 0.15) is 11.9 Å². The second-order valence-corrected chi connectivity index (χ2v) is 8.74. The lowest BCUT2D eigenvalue weighted by Gasteiger charge is -2.25. The van der Waals surface area contributed by atoms with E-state index in [1.54, 1.807) is 17.3 Å². The predicted molar refractivity (Wildman–Crippen MR) is 132 cm³/mol. The molecule has 172 valence electrons. The van der Waals surface area contributed by atoms with Crippen LogP contribution in [0.2, 0.25) is 0 Å². The van der Waals surface area contributed by atoms with Gasteiger partial charge in [-0.3, -0.25) is 19.7 Å². The maximum atomic E-state index is 13.0. The molecule has 34 heavy (non-hydrogen) atoms. The number of carbonyl (C=O) groups is 1. The standard InChI is InChI=1S/C28H28N4O2/c1-31(18-21-11-12-24-25(17-21)30-15-14-29-24)28(33)13-16-32-19-23-9-5-6-10-26(23)34-27(20-32)22-7-3-2-4-8-22/h2-12,14-15,17,27H,13,16,18-20H2,1H3/t27-/m1/s1. The Morgan fingerprint density at radius 1 is 1.00 bits per heavy atom. The van der Waals surface area contributed by atoms with Crippen molar-refractivity contribution in [3.05, 3.63) is 102 Å². The number of para-hydroxylation sites is 1. The molecule has 0 saturated carbocycles. The molecule has 0 saturated heterocycles. The Morgan fingerprint density at radius 3 is 2.62 bits per heavy atom. The first-order valence-corrected chi connectivity index (χ1v) is 11.6. The first-order chi connectivity index (χ1) is 16.7. The number of carbonyl (C=O) groups excluding carboxylic acids is 1. The minimum absolute atomic E-state index is 0.0728. The summed E-state index contributed by atoms with van der Waals surface area (Å²) in [7, 11) is 1.86.